The van der Waals surface area contributed by atoms with Gasteiger partial charge in [0.05, 0.1) is 0 Å². The summed E-state index contributed by atoms with van der Waals surface area (Å²) in [6.45, 7) is 0.101. The minimum atomic E-state index is -0.648. The Balaban J connectivity index is 1.51. The number of hydrogen-bond donors (Lipinski definition) is 1. The third-order valence-corrected chi connectivity index (χ3v) is 4.08. The zero-order valence-corrected chi connectivity index (χ0v) is 15.6. The van der Waals surface area contributed by atoms with Gasteiger partial charge in [-0.1, -0.05) is 54.6 Å². The van der Waals surface area contributed by atoms with Crippen LogP contribution in [0.4, 0.5) is 4.39 Å². The molecule has 1 amide bonds. The standard InChI is InChI=1S/C23H20FNO4/c24-19-12-10-17(11-13-19)14-25-22(26)16-29-23(27)20-8-4-5-9-21(20)28-15-18-6-2-1-3-7-18/h1-13H,14-16H2,(H,25,26). The van der Waals surface area contributed by atoms with E-state index in [4.69, 9.17) is 9.47 Å². The molecule has 0 saturated heterocycles. The predicted octanol–water partition coefficient (Wildman–Crippen LogP) is 3.88. The van der Waals surface area contributed by atoms with Crippen LogP contribution in [0.15, 0.2) is 78.9 Å². The smallest absolute Gasteiger partial charge is 0.342 e. The summed E-state index contributed by atoms with van der Waals surface area (Å²) in [7, 11) is 0. The number of amides is 1. The molecular weight excluding hydrogens is 373 g/mol. The van der Waals surface area contributed by atoms with Crippen molar-refractivity contribution in [2.75, 3.05) is 6.61 Å². The Morgan fingerprint density at radius 2 is 1.52 bits per heavy atom. The summed E-state index contributed by atoms with van der Waals surface area (Å²) in [5.74, 6) is -1.06. The quantitative estimate of drug-likeness (QED) is 0.590. The van der Waals surface area contributed by atoms with Crippen LogP contribution in [0, 0.1) is 5.82 Å². The number of hydrogen-bond acceptors (Lipinski definition) is 4. The Kier molecular flexibility index (Phi) is 6.95. The number of esters is 1. The molecule has 0 heterocycles. The fourth-order valence-corrected chi connectivity index (χ4v) is 2.56. The molecule has 0 spiro atoms. The Morgan fingerprint density at radius 1 is 0.828 bits per heavy atom. The number of para-hydroxylation sites is 1. The summed E-state index contributed by atoms with van der Waals surface area (Å²) >= 11 is 0. The molecule has 0 fully saturated rings. The van der Waals surface area contributed by atoms with Gasteiger partial charge in [0.25, 0.3) is 5.91 Å². The van der Waals surface area contributed by atoms with E-state index in [9.17, 15) is 14.0 Å². The minimum absolute atomic E-state index is 0.216. The number of carbonyl (C=O) groups excluding carboxylic acids is 2. The van der Waals surface area contributed by atoms with Gasteiger partial charge in [-0.25, -0.2) is 9.18 Å². The zero-order chi connectivity index (χ0) is 20.5. The molecule has 0 unspecified atom stereocenters. The maximum absolute atomic E-state index is 12.9. The molecule has 1 N–H and O–H groups in total. The van der Waals surface area contributed by atoms with Crippen molar-refractivity contribution < 1.29 is 23.5 Å². The Labute approximate surface area is 168 Å². The molecule has 0 saturated carbocycles. The monoisotopic (exact) mass is 393 g/mol. The first-order valence-corrected chi connectivity index (χ1v) is 9.06. The van der Waals surface area contributed by atoms with Crippen LogP contribution in [0.5, 0.6) is 5.75 Å². The van der Waals surface area contributed by atoms with Crippen molar-refractivity contribution in [1.29, 1.82) is 0 Å². The number of halogens is 1. The SMILES string of the molecule is O=C(COC(=O)c1ccccc1OCc1ccccc1)NCc1ccc(F)cc1. The zero-order valence-electron chi connectivity index (χ0n) is 15.6. The predicted molar refractivity (Wildman–Crippen MR) is 106 cm³/mol. The molecule has 0 bridgehead atoms. The topological polar surface area (TPSA) is 64.6 Å². The number of benzene rings is 3. The van der Waals surface area contributed by atoms with E-state index < -0.39 is 18.5 Å². The Morgan fingerprint density at radius 3 is 2.28 bits per heavy atom. The lowest BCUT2D eigenvalue weighted by Gasteiger charge is -2.11. The van der Waals surface area contributed by atoms with Crippen molar-refractivity contribution in [1.82, 2.24) is 5.32 Å². The van der Waals surface area contributed by atoms with Crippen molar-refractivity contribution in [3.8, 4) is 5.75 Å². The van der Waals surface area contributed by atoms with E-state index in [2.05, 4.69) is 5.32 Å². The van der Waals surface area contributed by atoms with Crippen LogP contribution in [0.2, 0.25) is 0 Å². The molecule has 0 radical (unpaired) electrons. The lowest BCUT2D eigenvalue weighted by atomic mass is 10.2. The second-order valence-electron chi connectivity index (χ2n) is 6.25. The van der Waals surface area contributed by atoms with Crippen LogP contribution >= 0.6 is 0 Å². The van der Waals surface area contributed by atoms with Crippen molar-refractivity contribution in [3.63, 3.8) is 0 Å². The lowest BCUT2D eigenvalue weighted by molar-refractivity contribution is -0.124. The van der Waals surface area contributed by atoms with Crippen LogP contribution in [-0.4, -0.2) is 18.5 Å². The number of nitrogens with one attached hydrogen (secondary N) is 1. The van der Waals surface area contributed by atoms with Gasteiger partial charge in [0, 0.05) is 6.54 Å². The highest BCUT2D eigenvalue weighted by Gasteiger charge is 2.15. The van der Waals surface area contributed by atoms with E-state index in [1.54, 1.807) is 36.4 Å². The third-order valence-electron chi connectivity index (χ3n) is 4.08. The maximum Gasteiger partial charge on any atom is 0.342 e. The van der Waals surface area contributed by atoms with E-state index in [0.29, 0.717) is 12.4 Å². The second-order valence-corrected chi connectivity index (χ2v) is 6.25. The van der Waals surface area contributed by atoms with Gasteiger partial charge in [-0.2, -0.15) is 0 Å². The van der Waals surface area contributed by atoms with E-state index in [1.807, 2.05) is 30.3 Å². The Bertz CT molecular complexity index is 958. The van der Waals surface area contributed by atoms with Crippen LogP contribution < -0.4 is 10.1 Å². The highest BCUT2D eigenvalue weighted by Crippen LogP contribution is 2.20. The van der Waals surface area contributed by atoms with Crippen LogP contribution in [0.1, 0.15) is 21.5 Å². The summed E-state index contributed by atoms with van der Waals surface area (Å²) in [6, 6.07) is 22.0. The van der Waals surface area contributed by atoms with Crippen molar-refractivity contribution in [2.24, 2.45) is 0 Å². The molecule has 0 atom stereocenters. The average Bonchev–Trinajstić information content (AvgIpc) is 2.76. The van der Waals surface area contributed by atoms with E-state index in [1.165, 1.54) is 12.1 Å². The largest absolute Gasteiger partial charge is 0.488 e. The maximum atomic E-state index is 12.9. The van der Waals surface area contributed by atoms with Crippen LogP contribution in [-0.2, 0) is 22.7 Å². The first kappa shape index (κ1) is 20.1. The van der Waals surface area contributed by atoms with Gasteiger partial charge < -0.3 is 14.8 Å². The molecule has 0 aliphatic carbocycles. The minimum Gasteiger partial charge on any atom is -0.488 e. The van der Waals surface area contributed by atoms with E-state index in [0.717, 1.165) is 11.1 Å². The highest BCUT2D eigenvalue weighted by molar-refractivity contribution is 5.93. The molecule has 148 valence electrons. The first-order valence-electron chi connectivity index (χ1n) is 9.06. The molecule has 0 aromatic heterocycles. The summed E-state index contributed by atoms with van der Waals surface area (Å²) in [5.41, 5.74) is 1.95. The highest BCUT2D eigenvalue weighted by atomic mass is 19.1. The fraction of sp³-hybridized carbons (Fsp3) is 0.130. The molecule has 3 aromatic rings. The molecule has 3 aromatic carbocycles. The lowest BCUT2D eigenvalue weighted by Crippen LogP contribution is -2.28. The molecule has 0 aliphatic heterocycles. The summed E-state index contributed by atoms with van der Waals surface area (Å²) in [4.78, 5) is 24.3. The van der Waals surface area contributed by atoms with Crippen molar-refractivity contribution >= 4 is 11.9 Å². The van der Waals surface area contributed by atoms with Gasteiger partial charge >= 0.3 is 5.97 Å². The molecule has 3 rings (SSSR count). The third kappa shape index (κ3) is 6.17. The summed E-state index contributed by atoms with van der Waals surface area (Å²) < 4.78 is 23.7. The summed E-state index contributed by atoms with van der Waals surface area (Å²) in [6.07, 6.45) is 0. The van der Waals surface area contributed by atoms with Gasteiger partial charge in [-0.3, -0.25) is 4.79 Å². The van der Waals surface area contributed by atoms with Crippen molar-refractivity contribution in [2.45, 2.75) is 13.2 Å². The molecule has 0 aliphatic rings. The van der Waals surface area contributed by atoms with Gasteiger partial charge in [-0.15, -0.1) is 0 Å². The van der Waals surface area contributed by atoms with Crippen LogP contribution in [0.3, 0.4) is 0 Å². The molecule has 5 nitrogen and oxygen atoms in total. The van der Waals surface area contributed by atoms with Gasteiger partial charge in [0.1, 0.15) is 23.7 Å². The summed E-state index contributed by atoms with van der Waals surface area (Å²) in [5, 5.41) is 2.62. The first-order chi connectivity index (χ1) is 14.1. The molecule has 6 heteroatoms. The van der Waals surface area contributed by atoms with E-state index >= 15 is 0 Å². The number of carbonyl (C=O) groups is 2. The van der Waals surface area contributed by atoms with Gasteiger partial charge in [-0.05, 0) is 35.4 Å². The van der Waals surface area contributed by atoms with Gasteiger partial charge in [0.2, 0.25) is 0 Å². The number of ether oxygens (including phenoxy) is 2. The second kappa shape index (κ2) is 10.0. The normalized spacial score (nSPS) is 10.2. The number of rotatable bonds is 8. The van der Waals surface area contributed by atoms with Crippen molar-refractivity contribution in [3.05, 3.63) is 101 Å². The molecular formula is C23H20FNO4. The average molecular weight is 393 g/mol. The van der Waals surface area contributed by atoms with Crippen LogP contribution in [0.25, 0.3) is 0 Å². The Hall–Kier alpha value is -3.67. The van der Waals surface area contributed by atoms with E-state index in [-0.39, 0.29) is 17.9 Å². The fourth-order valence-electron chi connectivity index (χ4n) is 2.56. The van der Waals surface area contributed by atoms with Gasteiger partial charge in [0.15, 0.2) is 6.61 Å². The molecule has 29 heavy (non-hydrogen) atoms.